The summed E-state index contributed by atoms with van der Waals surface area (Å²) in [6.45, 7) is 6.48. The Hall–Kier alpha value is -1.08. The Morgan fingerprint density at radius 1 is 1.39 bits per heavy atom. The summed E-state index contributed by atoms with van der Waals surface area (Å²) in [5, 5.41) is 4.50. The van der Waals surface area contributed by atoms with Gasteiger partial charge in [0.05, 0.1) is 6.26 Å². The maximum Gasteiger partial charge on any atom is 0.233 e. The van der Waals surface area contributed by atoms with Crippen molar-refractivity contribution in [1.29, 1.82) is 0 Å². The van der Waals surface area contributed by atoms with Crippen LogP contribution in [-0.4, -0.2) is 55.5 Å². The average molecular weight is 343 g/mol. The van der Waals surface area contributed by atoms with Crippen molar-refractivity contribution in [2.45, 2.75) is 58.5 Å². The van der Waals surface area contributed by atoms with Crippen LogP contribution in [0.5, 0.6) is 0 Å². The quantitative estimate of drug-likeness (QED) is 0.762. The van der Waals surface area contributed by atoms with E-state index in [1.54, 1.807) is 0 Å². The van der Waals surface area contributed by atoms with E-state index >= 15 is 0 Å². The first kappa shape index (κ1) is 18.3. The minimum atomic E-state index is -3.32. The van der Waals surface area contributed by atoms with Crippen LogP contribution in [0, 0.1) is 6.92 Å². The van der Waals surface area contributed by atoms with Gasteiger partial charge in [-0.1, -0.05) is 13.3 Å². The summed E-state index contributed by atoms with van der Waals surface area (Å²) in [4.78, 5) is 2.35. The van der Waals surface area contributed by atoms with Crippen molar-refractivity contribution in [2.75, 3.05) is 30.7 Å². The third-order valence-electron chi connectivity index (χ3n) is 4.65. The van der Waals surface area contributed by atoms with Crippen LogP contribution in [0.3, 0.4) is 0 Å². The highest BCUT2D eigenvalue weighted by Gasteiger charge is 2.25. The second-order valence-electron chi connectivity index (χ2n) is 6.62. The number of rotatable bonds is 7. The molecule has 0 N–H and O–H groups in total. The van der Waals surface area contributed by atoms with E-state index in [0.717, 1.165) is 38.0 Å². The summed E-state index contributed by atoms with van der Waals surface area (Å²) in [5.74, 6) is 0.553. The van der Waals surface area contributed by atoms with Gasteiger partial charge in [0.25, 0.3) is 0 Å². The molecule has 0 saturated carbocycles. The van der Waals surface area contributed by atoms with Crippen molar-refractivity contribution in [1.82, 2.24) is 14.7 Å². The van der Waals surface area contributed by atoms with Crippen LogP contribution in [0.4, 0.5) is 5.82 Å². The summed E-state index contributed by atoms with van der Waals surface area (Å²) < 4.78 is 27.8. The van der Waals surface area contributed by atoms with Gasteiger partial charge in [0.15, 0.2) is 5.82 Å². The fraction of sp³-hybridized carbons (Fsp3) is 0.812. The van der Waals surface area contributed by atoms with Gasteiger partial charge in [-0.2, -0.15) is 5.10 Å². The number of anilines is 1. The molecule has 0 amide bonds. The van der Waals surface area contributed by atoms with Crippen LogP contribution in [0.15, 0.2) is 6.07 Å². The largest absolute Gasteiger partial charge is 0.303 e. The molecule has 132 valence electrons. The van der Waals surface area contributed by atoms with Crippen LogP contribution in [0.2, 0.25) is 0 Å². The van der Waals surface area contributed by atoms with Gasteiger partial charge in [-0.25, -0.2) is 8.42 Å². The van der Waals surface area contributed by atoms with Gasteiger partial charge in [-0.3, -0.25) is 8.99 Å². The predicted molar refractivity (Wildman–Crippen MR) is 94.3 cm³/mol. The molecule has 1 aliphatic heterocycles. The smallest absolute Gasteiger partial charge is 0.233 e. The summed E-state index contributed by atoms with van der Waals surface area (Å²) in [5.41, 5.74) is 1.00. The number of nitrogens with zero attached hydrogens (tertiary/aromatic N) is 4. The van der Waals surface area contributed by atoms with Crippen molar-refractivity contribution in [3.8, 4) is 0 Å². The minimum Gasteiger partial charge on any atom is -0.303 e. The number of aryl methyl sites for hydroxylation is 2. The zero-order valence-electron chi connectivity index (χ0n) is 14.8. The molecule has 6 nitrogen and oxygen atoms in total. The Kier molecular flexibility index (Phi) is 6.08. The normalized spacial score (nSPS) is 19.9. The van der Waals surface area contributed by atoms with Gasteiger partial charge in [0.2, 0.25) is 10.0 Å². The Labute approximate surface area is 140 Å². The van der Waals surface area contributed by atoms with E-state index in [1.165, 1.54) is 23.4 Å². The van der Waals surface area contributed by atoms with Crippen molar-refractivity contribution < 1.29 is 8.42 Å². The lowest BCUT2D eigenvalue weighted by Crippen LogP contribution is -2.40. The van der Waals surface area contributed by atoms with Gasteiger partial charge in [-0.15, -0.1) is 0 Å². The fourth-order valence-corrected chi connectivity index (χ4v) is 4.14. The third-order valence-corrected chi connectivity index (χ3v) is 5.82. The topological polar surface area (TPSA) is 58.4 Å². The van der Waals surface area contributed by atoms with E-state index in [9.17, 15) is 8.42 Å². The molecule has 1 aliphatic rings. The van der Waals surface area contributed by atoms with Crippen molar-refractivity contribution in [3.63, 3.8) is 0 Å². The monoisotopic (exact) mass is 342 g/mol. The zero-order chi connectivity index (χ0) is 17.0. The van der Waals surface area contributed by atoms with Gasteiger partial charge in [0, 0.05) is 30.9 Å². The third kappa shape index (κ3) is 4.70. The number of sulfonamides is 1. The van der Waals surface area contributed by atoms with Crippen molar-refractivity contribution >= 4 is 15.8 Å². The molecular weight excluding hydrogens is 312 g/mol. The standard InChI is InChI=1S/C16H30N4O2S/c1-5-10-19-14(2)13-16(17-19)20(23(4,21)22)12-9-15-8-6-7-11-18(15)3/h13,15H,5-12H2,1-4H3. The second-order valence-corrected chi connectivity index (χ2v) is 8.53. The molecule has 1 unspecified atom stereocenters. The van der Waals surface area contributed by atoms with E-state index in [1.807, 2.05) is 17.7 Å². The highest BCUT2D eigenvalue weighted by molar-refractivity contribution is 7.92. The number of piperidine rings is 1. The first-order valence-corrected chi connectivity index (χ1v) is 10.4. The van der Waals surface area contributed by atoms with E-state index in [4.69, 9.17) is 0 Å². The first-order valence-electron chi connectivity index (χ1n) is 8.55. The van der Waals surface area contributed by atoms with E-state index in [0.29, 0.717) is 18.4 Å². The highest BCUT2D eigenvalue weighted by atomic mass is 32.2. The molecule has 7 heteroatoms. The number of hydrogen-bond acceptors (Lipinski definition) is 4. The van der Waals surface area contributed by atoms with Gasteiger partial charge in [0.1, 0.15) is 0 Å². The molecule has 2 heterocycles. The lowest BCUT2D eigenvalue weighted by atomic mass is 10.0. The average Bonchev–Trinajstić information content (AvgIpc) is 2.81. The molecule has 1 aromatic rings. The van der Waals surface area contributed by atoms with Crippen LogP contribution >= 0.6 is 0 Å². The van der Waals surface area contributed by atoms with E-state index in [2.05, 4.69) is 24.0 Å². The summed E-state index contributed by atoms with van der Waals surface area (Å²) in [6, 6.07) is 2.34. The highest BCUT2D eigenvalue weighted by Crippen LogP contribution is 2.22. The Morgan fingerprint density at radius 3 is 2.74 bits per heavy atom. The Morgan fingerprint density at radius 2 is 2.13 bits per heavy atom. The molecule has 1 saturated heterocycles. The van der Waals surface area contributed by atoms with E-state index in [-0.39, 0.29) is 0 Å². The first-order chi connectivity index (χ1) is 10.8. The lowest BCUT2D eigenvalue weighted by molar-refractivity contribution is 0.178. The molecule has 0 aliphatic carbocycles. The molecule has 2 rings (SSSR count). The predicted octanol–water partition coefficient (Wildman–Crippen LogP) is 2.24. The Balaban J connectivity index is 2.13. The van der Waals surface area contributed by atoms with Crippen LogP contribution < -0.4 is 4.31 Å². The minimum absolute atomic E-state index is 0.465. The Bertz CT molecular complexity index is 612. The lowest BCUT2D eigenvalue weighted by Gasteiger charge is -2.33. The van der Waals surface area contributed by atoms with Crippen LogP contribution in [-0.2, 0) is 16.6 Å². The molecule has 0 aromatic carbocycles. The van der Waals surface area contributed by atoms with Gasteiger partial charge < -0.3 is 4.90 Å². The molecule has 23 heavy (non-hydrogen) atoms. The second kappa shape index (κ2) is 7.66. The van der Waals surface area contributed by atoms with Crippen molar-refractivity contribution in [3.05, 3.63) is 11.8 Å². The fourth-order valence-electron chi connectivity index (χ4n) is 3.28. The molecule has 1 fully saturated rings. The molecule has 0 spiro atoms. The molecular formula is C16H30N4O2S. The van der Waals surface area contributed by atoms with Crippen LogP contribution in [0.1, 0.15) is 44.7 Å². The summed E-state index contributed by atoms with van der Waals surface area (Å²) in [7, 11) is -1.18. The molecule has 1 atom stereocenters. The number of likely N-dealkylation sites (tertiary alicyclic amines) is 1. The van der Waals surface area contributed by atoms with Crippen molar-refractivity contribution in [2.24, 2.45) is 0 Å². The van der Waals surface area contributed by atoms with Crippen LogP contribution in [0.25, 0.3) is 0 Å². The summed E-state index contributed by atoms with van der Waals surface area (Å²) in [6.07, 6.45) is 6.72. The molecule has 0 bridgehead atoms. The van der Waals surface area contributed by atoms with Gasteiger partial charge >= 0.3 is 0 Å². The maximum atomic E-state index is 12.2. The zero-order valence-corrected chi connectivity index (χ0v) is 15.6. The summed E-state index contributed by atoms with van der Waals surface area (Å²) >= 11 is 0. The van der Waals surface area contributed by atoms with E-state index < -0.39 is 10.0 Å². The maximum absolute atomic E-state index is 12.2. The molecule has 0 radical (unpaired) electrons. The number of aromatic nitrogens is 2. The number of hydrogen-bond donors (Lipinski definition) is 0. The molecule has 1 aromatic heterocycles. The SMILES string of the molecule is CCCn1nc(N(CCC2CCCCN2C)S(C)(=O)=O)cc1C. The van der Waals surface area contributed by atoms with Gasteiger partial charge in [-0.05, 0) is 46.2 Å².